The number of nitrogens with zero attached hydrogens (tertiary/aromatic N) is 1. The second-order valence-electron chi connectivity index (χ2n) is 5.48. The van der Waals surface area contributed by atoms with Gasteiger partial charge in [-0.2, -0.15) is 5.10 Å². The zero-order chi connectivity index (χ0) is 18.7. The van der Waals surface area contributed by atoms with Gasteiger partial charge in [0.15, 0.2) is 11.6 Å². The Hall–Kier alpha value is -3.65. The quantitative estimate of drug-likeness (QED) is 0.211. The Morgan fingerprint density at radius 3 is 2.27 bits per heavy atom. The van der Waals surface area contributed by atoms with Crippen molar-refractivity contribution >= 4 is 5.84 Å². The number of aromatic hydroxyl groups is 1. The molecule has 0 aliphatic heterocycles. The summed E-state index contributed by atoms with van der Waals surface area (Å²) in [5.74, 6) is 10.1. The fraction of sp³-hybridized carbons (Fsp3) is 0. The van der Waals surface area contributed by atoms with Gasteiger partial charge in [-0.3, -0.25) is 4.79 Å². The van der Waals surface area contributed by atoms with Crippen molar-refractivity contribution in [2.24, 2.45) is 16.8 Å². The molecule has 0 aliphatic rings. The number of amidine groups is 1. The molecule has 0 radical (unpaired) electrons. The Kier molecular flexibility index (Phi) is 4.68. The van der Waals surface area contributed by atoms with Crippen molar-refractivity contribution in [2.45, 2.75) is 0 Å². The molecule has 8 heteroatoms. The minimum atomic E-state index is -0.630. The van der Waals surface area contributed by atoms with Crippen LogP contribution in [-0.2, 0) is 0 Å². The van der Waals surface area contributed by atoms with Gasteiger partial charge in [0, 0.05) is 11.1 Å². The van der Waals surface area contributed by atoms with Crippen LogP contribution in [0.25, 0.3) is 22.4 Å². The molecular weight excluding hydrogens is 337 g/mol. The van der Waals surface area contributed by atoms with Crippen molar-refractivity contribution in [3.8, 4) is 28.1 Å². The molecule has 0 saturated carbocycles. The number of benzene rings is 2. The lowest BCUT2D eigenvalue weighted by Gasteiger charge is -2.12. The van der Waals surface area contributed by atoms with E-state index in [9.17, 15) is 14.3 Å². The first-order chi connectivity index (χ1) is 12.5. The summed E-state index contributed by atoms with van der Waals surface area (Å²) in [6.45, 7) is 0. The van der Waals surface area contributed by atoms with Gasteiger partial charge < -0.3 is 21.4 Å². The third-order valence-electron chi connectivity index (χ3n) is 3.89. The summed E-state index contributed by atoms with van der Waals surface area (Å²) in [4.78, 5) is 14.5. The highest BCUT2D eigenvalue weighted by Crippen LogP contribution is 2.31. The zero-order valence-electron chi connectivity index (χ0n) is 13.5. The minimum absolute atomic E-state index is 0.305. The summed E-state index contributed by atoms with van der Waals surface area (Å²) in [7, 11) is 0. The van der Waals surface area contributed by atoms with Gasteiger partial charge in [0.1, 0.15) is 5.82 Å². The van der Waals surface area contributed by atoms with Crippen LogP contribution >= 0.6 is 0 Å². The first-order valence-electron chi connectivity index (χ1n) is 7.61. The van der Waals surface area contributed by atoms with Gasteiger partial charge in [-0.15, -0.1) is 0 Å². The highest BCUT2D eigenvalue weighted by Gasteiger charge is 2.13. The smallest absolute Gasteiger partial charge is 0.290 e. The number of hydrazine groups is 1. The van der Waals surface area contributed by atoms with Crippen molar-refractivity contribution in [3.05, 3.63) is 76.3 Å². The van der Waals surface area contributed by atoms with Gasteiger partial charge in [0.2, 0.25) is 0 Å². The number of rotatable bonds is 3. The molecule has 0 amide bonds. The van der Waals surface area contributed by atoms with Crippen LogP contribution in [0.2, 0.25) is 0 Å². The van der Waals surface area contributed by atoms with Crippen molar-refractivity contribution in [2.75, 3.05) is 0 Å². The highest BCUT2D eigenvalue weighted by atomic mass is 19.1. The number of aromatic nitrogens is 1. The number of hydrogen-bond donors (Lipinski definition) is 5. The van der Waals surface area contributed by atoms with Gasteiger partial charge in [-0.05, 0) is 41.5 Å². The van der Waals surface area contributed by atoms with E-state index in [4.69, 9.17) is 11.7 Å². The van der Waals surface area contributed by atoms with Crippen LogP contribution in [0.15, 0.2) is 64.5 Å². The fourth-order valence-electron chi connectivity index (χ4n) is 2.59. The number of pyridine rings is 1. The Labute approximate surface area is 147 Å². The van der Waals surface area contributed by atoms with Gasteiger partial charge in [0.25, 0.3) is 5.56 Å². The average molecular weight is 353 g/mol. The van der Waals surface area contributed by atoms with Crippen LogP contribution in [-0.4, -0.2) is 15.9 Å². The SMILES string of the molecule is N/N=C(\NN)c1ccc(-c2cc(O)c(=O)[nH]c2-c2ccc(F)cc2)cc1. The summed E-state index contributed by atoms with van der Waals surface area (Å²) in [5, 5.41) is 13.4. The van der Waals surface area contributed by atoms with E-state index in [0.29, 0.717) is 33.8 Å². The van der Waals surface area contributed by atoms with Gasteiger partial charge in [-0.25, -0.2) is 10.2 Å². The Morgan fingerprint density at radius 2 is 1.69 bits per heavy atom. The number of hydrogen-bond acceptors (Lipinski definition) is 5. The molecule has 3 aromatic rings. The Morgan fingerprint density at radius 1 is 1.08 bits per heavy atom. The molecule has 0 spiro atoms. The predicted molar refractivity (Wildman–Crippen MR) is 97.6 cm³/mol. The van der Waals surface area contributed by atoms with Crippen LogP contribution in [0.3, 0.4) is 0 Å². The van der Waals surface area contributed by atoms with Crippen molar-refractivity contribution in [1.82, 2.24) is 10.4 Å². The molecule has 0 bridgehead atoms. The molecule has 7 nitrogen and oxygen atoms in total. The summed E-state index contributed by atoms with van der Waals surface area (Å²) >= 11 is 0. The molecule has 7 N–H and O–H groups in total. The molecule has 0 unspecified atom stereocenters. The number of nitrogens with one attached hydrogen (secondary N) is 2. The van der Waals surface area contributed by atoms with Gasteiger partial charge >= 0.3 is 0 Å². The van der Waals surface area contributed by atoms with Gasteiger partial charge in [0.05, 0.1) is 5.69 Å². The second kappa shape index (κ2) is 7.08. The molecular formula is C18H16FN5O2. The molecule has 0 atom stereocenters. The van der Waals surface area contributed by atoms with E-state index in [-0.39, 0.29) is 5.82 Å². The number of nitrogens with two attached hydrogens (primary N) is 2. The van der Waals surface area contributed by atoms with Crippen molar-refractivity contribution in [3.63, 3.8) is 0 Å². The normalized spacial score (nSPS) is 11.4. The monoisotopic (exact) mass is 353 g/mol. The molecule has 3 rings (SSSR count). The fourth-order valence-corrected chi connectivity index (χ4v) is 2.59. The highest BCUT2D eigenvalue weighted by molar-refractivity contribution is 5.98. The van der Waals surface area contributed by atoms with Crippen molar-refractivity contribution in [1.29, 1.82) is 0 Å². The maximum absolute atomic E-state index is 13.2. The standard InChI is InChI=1S/C18H16FN5O2/c19-13-7-5-11(6-8-13)16-14(9-15(25)18(26)22-16)10-1-3-12(4-2-10)17(23-20)24-21/h1-9,25H,20-21H2,(H,22,26)(H,23,24). The van der Waals surface area contributed by atoms with E-state index in [0.717, 1.165) is 0 Å². The van der Waals surface area contributed by atoms with Crippen molar-refractivity contribution < 1.29 is 9.50 Å². The average Bonchev–Trinajstić information content (AvgIpc) is 2.66. The van der Waals surface area contributed by atoms with E-state index in [1.54, 1.807) is 36.4 Å². The van der Waals surface area contributed by atoms with Crippen LogP contribution in [0, 0.1) is 5.82 Å². The topological polar surface area (TPSA) is 130 Å². The Balaban J connectivity index is 2.14. The van der Waals surface area contributed by atoms with Crippen LogP contribution in [0.5, 0.6) is 5.75 Å². The molecule has 26 heavy (non-hydrogen) atoms. The molecule has 1 aromatic heterocycles. The molecule has 2 aromatic carbocycles. The Bertz CT molecular complexity index is 1010. The molecule has 132 valence electrons. The summed E-state index contributed by atoms with van der Waals surface area (Å²) in [5.41, 5.74) is 4.78. The third-order valence-corrected chi connectivity index (χ3v) is 3.89. The lowest BCUT2D eigenvalue weighted by molar-refractivity contribution is 0.467. The van der Waals surface area contributed by atoms with Crippen LogP contribution < -0.4 is 22.7 Å². The van der Waals surface area contributed by atoms with E-state index < -0.39 is 11.3 Å². The summed E-state index contributed by atoms with van der Waals surface area (Å²) in [6.07, 6.45) is 0. The zero-order valence-corrected chi connectivity index (χ0v) is 13.5. The number of halogens is 1. The molecule has 1 heterocycles. The van der Waals surface area contributed by atoms with E-state index in [1.807, 2.05) is 0 Å². The molecule has 0 saturated heterocycles. The maximum Gasteiger partial charge on any atom is 0.290 e. The lowest BCUT2D eigenvalue weighted by atomic mass is 9.98. The minimum Gasteiger partial charge on any atom is -0.503 e. The van der Waals surface area contributed by atoms with E-state index >= 15 is 0 Å². The maximum atomic E-state index is 13.2. The first-order valence-corrected chi connectivity index (χ1v) is 7.61. The first kappa shape index (κ1) is 17.2. The molecule has 0 fully saturated rings. The number of H-pyrrole nitrogens is 1. The number of hydrazone groups is 1. The summed E-state index contributed by atoms with van der Waals surface area (Å²) < 4.78 is 13.2. The third kappa shape index (κ3) is 3.26. The molecule has 0 aliphatic carbocycles. The second-order valence-corrected chi connectivity index (χ2v) is 5.48. The largest absolute Gasteiger partial charge is 0.503 e. The van der Waals surface area contributed by atoms with Crippen LogP contribution in [0.4, 0.5) is 4.39 Å². The van der Waals surface area contributed by atoms with E-state index in [1.165, 1.54) is 18.2 Å². The lowest BCUT2D eigenvalue weighted by Crippen LogP contribution is -2.31. The predicted octanol–water partition coefficient (Wildman–Crippen LogP) is 1.64. The van der Waals surface area contributed by atoms with E-state index in [2.05, 4.69) is 15.5 Å². The van der Waals surface area contributed by atoms with Gasteiger partial charge in [-0.1, -0.05) is 24.3 Å². The summed E-state index contributed by atoms with van der Waals surface area (Å²) in [6, 6.07) is 14.0. The van der Waals surface area contributed by atoms with Crippen LogP contribution in [0.1, 0.15) is 5.56 Å². The number of aromatic amines is 1.